The second-order valence-corrected chi connectivity index (χ2v) is 3.61. The monoisotopic (exact) mass is 220 g/mol. The molecule has 0 aromatic heterocycles. The third-order valence-corrected chi connectivity index (χ3v) is 2.26. The van der Waals surface area contributed by atoms with Crippen LogP contribution in [0.15, 0.2) is 0 Å². The molecular weight excluding hydrogens is 200 g/mol. The van der Waals surface area contributed by atoms with Crippen molar-refractivity contribution < 1.29 is 25.2 Å². The standard InChI is InChI=1S/C10H20O5/c1-2-3-4-5-7(12)9(14)10(15)8(13)6-11/h8-11,13-15H,2-6H2,1H3/t8-,9+,10-/m1/s1. The number of ketones is 1. The Labute approximate surface area is 89.4 Å². The Morgan fingerprint density at radius 2 is 1.80 bits per heavy atom. The van der Waals surface area contributed by atoms with Crippen molar-refractivity contribution in [2.45, 2.75) is 50.9 Å². The molecule has 0 radical (unpaired) electrons. The summed E-state index contributed by atoms with van der Waals surface area (Å²) in [4.78, 5) is 11.3. The largest absolute Gasteiger partial charge is 0.394 e. The molecule has 0 unspecified atom stereocenters. The molecule has 0 saturated heterocycles. The molecule has 0 aromatic rings. The number of hydrogen-bond acceptors (Lipinski definition) is 5. The number of carbonyl (C=O) groups is 1. The summed E-state index contributed by atoms with van der Waals surface area (Å²) in [5, 5.41) is 36.1. The molecule has 5 nitrogen and oxygen atoms in total. The minimum absolute atomic E-state index is 0.185. The topological polar surface area (TPSA) is 98.0 Å². The second kappa shape index (κ2) is 7.76. The number of carbonyl (C=O) groups excluding carboxylic acids is 1. The van der Waals surface area contributed by atoms with E-state index in [0.717, 1.165) is 12.8 Å². The molecule has 0 heterocycles. The fourth-order valence-electron chi connectivity index (χ4n) is 1.21. The molecule has 90 valence electrons. The lowest BCUT2D eigenvalue weighted by molar-refractivity contribution is -0.140. The van der Waals surface area contributed by atoms with E-state index < -0.39 is 30.7 Å². The van der Waals surface area contributed by atoms with Crippen molar-refractivity contribution in [2.75, 3.05) is 6.61 Å². The Balaban J connectivity index is 3.96. The van der Waals surface area contributed by atoms with Crippen LogP contribution in [-0.4, -0.2) is 51.1 Å². The Morgan fingerprint density at radius 1 is 1.20 bits per heavy atom. The van der Waals surface area contributed by atoms with Gasteiger partial charge in [-0.05, 0) is 6.42 Å². The lowest BCUT2D eigenvalue weighted by Crippen LogP contribution is -2.43. The van der Waals surface area contributed by atoms with Crippen LogP contribution < -0.4 is 0 Å². The third kappa shape index (κ3) is 5.22. The maximum absolute atomic E-state index is 11.3. The van der Waals surface area contributed by atoms with Gasteiger partial charge in [0.05, 0.1) is 6.61 Å². The minimum Gasteiger partial charge on any atom is -0.394 e. The van der Waals surface area contributed by atoms with Crippen molar-refractivity contribution in [3.63, 3.8) is 0 Å². The average Bonchev–Trinajstić information content (AvgIpc) is 2.26. The predicted molar refractivity (Wildman–Crippen MR) is 54.3 cm³/mol. The molecule has 15 heavy (non-hydrogen) atoms. The van der Waals surface area contributed by atoms with E-state index in [1.807, 2.05) is 6.92 Å². The van der Waals surface area contributed by atoms with Crippen molar-refractivity contribution in [2.24, 2.45) is 0 Å². The third-order valence-electron chi connectivity index (χ3n) is 2.26. The number of unbranched alkanes of at least 4 members (excludes halogenated alkanes) is 2. The first-order chi connectivity index (χ1) is 7.04. The van der Waals surface area contributed by atoms with E-state index in [4.69, 9.17) is 10.2 Å². The zero-order valence-corrected chi connectivity index (χ0v) is 8.96. The first-order valence-corrected chi connectivity index (χ1v) is 5.22. The molecule has 0 aliphatic heterocycles. The molecule has 0 fully saturated rings. The van der Waals surface area contributed by atoms with Crippen LogP contribution >= 0.6 is 0 Å². The molecule has 0 aliphatic rings. The fraction of sp³-hybridized carbons (Fsp3) is 0.900. The molecule has 0 aliphatic carbocycles. The van der Waals surface area contributed by atoms with E-state index in [2.05, 4.69) is 0 Å². The maximum atomic E-state index is 11.3. The second-order valence-electron chi connectivity index (χ2n) is 3.61. The van der Waals surface area contributed by atoms with Gasteiger partial charge in [-0.2, -0.15) is 0 Å². The van der Waals surface area contributed by atoms with Gasteiger partial charge in [0.25, 0.3) is 0 Å². The summed E-state index contributed by atoms with van der Waals surface area (Å²) >= 11 is 0. The zero-order valence-electron chi connectivity index (χ0n) is 8.96. The predicted octanol–water partition coefficient (Wildman–Crippen LogP) is -0.789. The lowest BCUT2D eigenvalue weighted by Gasteiger charge is -2.20. The number of Topliss-reactive ketones (excluding diaryl/α,β-unsaturated/α-hetero) is 1. The Hall–Kier alpha value is -0.490. The van der Waals surface area contributed by atoms with Gasteiger partial charge in [-0.25, -0.2) is 0 Å². The first kappa shape index (κ1) is 14.5. The SMILES string of the molecule is CCCCCC(=O)[C@H](O)[C@H](O)[C@H](O)CO. The van der Waals surface area contributed by atoms with E-state index in [0.29, 0.717) is 6.42 Å². The van der Waals surface area contributed by atoms with Crippen LogP contribution in [0.4, 0.5) is 0 Å². The highest BCUT2D eigenvalue weighted by molar-refractivity contribution is 5.83. The van der Waals surface area contributed by atoms with Crippen molar-refractivity contribution in [1.29, 1.82) is 0 Å². The lowest BCUT2D eigenvalue weighted by atomic mass is 10.0. The Kier molecular flexibility index (Phi) is 7.50. The summed E-state index contributed by atoms with van der Waals surface area (Å²) in [5.74, 6) is -0.497. The highest BCUT2D eigenvalue weighted by Gasteiger charge is 2.28. The van der Waals surface area contributed by atoms with Gasteiger partial charge in [-0.3, -0.25) is 4.79 Å². The molecule has 3 atom stereocenters. The molecule has 4 N–H and O–H groups in total. The van der Waals surface area contributed by atoms with Gasteiger partial charge in [-0.1, -0.05) is 19.8 Å². The Bertz CT molecular complexity index is 183. The van der Waals surface area contributed by atoms with E-state index in [1.165, 1.54) is 0 Å². The van der Waals surface area contributed by atoms with Crippen LogP contribution in [0.1, 0.15) is 32.6 Å². The molecule has 5 heteroatoms. The molecule has 0 saturated carbocycles. The van der Waals surface area contributed by atoms with Crippen molar-refractivity contribution in [1.82, 2.24) is 0 Å². The van der Waals surface area contributed by atoms with Gasteiger partial charge in [0.1, 0.15) is 18.3 Å². The van der Waals surface area contributed by atoms with Crippen LogP contribution in [0.2, 0.25) is 0 Å². The van der Waals surface area contributed by atoms with Crippen molar-refractivity contribution >= 4 is 5.78 Å². The van der Waals surface area contributed by atoms with Crippen LogP contribution in [0.25, 0.3) is 0 Å². The minimum atomic E-state index is -1.61. The van der Waals surface area contributed by atoms with Gasteiger partial charge in [-0.15, -0.1) is 0 Å². The van der Waals surface area contributed by atoms with E-state index >= 15 is 0 Å². The quantitative estimate of drug-likeness (QED) is 0.402. The fourth-order valence-corrected chi connectivity index (χ4v) is 1.21. The highest BCUT2D eigenvalue weighted by Crippen LogP contribution is 2.07. The van der Waals surface area contributed by atoms with Crippen molar-refractivity contribution in [3.8, 4) is 0 Å². The highest BCUT2D eigenvalue weighted by atomic mass is 16.4. The van der Waals surface area contributed by atoms with E-state index in [9.17, 15) is 15.0 Å². The molecule has 0 amide bonds. The number of hydrogen-bond donors (Lipinski definition) is 4. The molecular formula is C10H20O5. The smallest absolute Gasteiger partial charge is 0.164 e. The summed E-state index contributed by atoms with van der Waals surface area (Å²) in [6.45, 7) is 1.31. The normalized spacial score (nSPS) is 17.1. The van der Waals surface area contributed by atoms with E-state index in [1.54, 1.807) is 0 Å². The average molecular weight is 220 g/mol. The summed E-state index contributed by atoms with van der Waals surface area (Å²) < 4.78 is 0. The molecule has 0 spiro atoms. The van der Waals surface area contributed by atoms with Gasteiger partial charge < -0.3 is 20.4 Å². The van der Waals surface area contributed by atoms with Gasteiger partial charge in [0.15, 0.2) is 5.78 Å². The molecule has 0 aromatic carbocycles. The number of aliphatic hydroxyl groups is 4. The Morgan fingerprint density at radius 3 is 2.27 bits per heavy atom. The summed E-state index contributed by atoms with van der Waals surface area (Å²) in [6.07, 6.45) is -2.00. The summed E-state index contributed by atoms with van der Waals surface area (Å²) in [6, 6.07) is 0. The van der Waals surface area contributed by atoms with Crippen LogP contribution in [0, 0.1) is 0 Å². The van der Waals surface area contributed by atoms with Crippen LogP contribution in [-0.2, 0) is 4.79 Å². The number of rotatable bonds is 8. The summed E-state index contributed by atoms with van der Waals surface area (Å²) in [5.41, 5.74) is 0. The van der Waals surface area contributed by atoms with E-state index in [-0.39, 0.29) is 6.42 Å². The number of aliphatic hydroxyl groups excluding tert-OH is 4. The van der Waals surface area contributed by atoms with Crippen molar-refractivity contribution in [3.05, 3.63) is 0 Å². The van der Waals surface area contributed by atoms with Crippen LogP contribution in [0.5, 0.6) is 0 Å². The summed E-state index contributed by atoms with van der Waals surface area (Å²) in [7, 11) is 0. The maximum Gasteiger partial charge on any atom is 0.164 e. The van der Waals surface area contributed by atoms with Gasteiger partial charge in [0.2, 0.25) is 0 Å². The molecule has 0 bridgehead atoms. The van der Waals surface area contributed by atoms with Gasteiger partial charge in [0, 0.05) is 6.42 Å². The molecule has 0 rings (SSSR count). The zero-order chi connectivity index (χ0) is 11.8. The first-order valence-electron chi connectivity index (χ1n) is 5.22. The van der Waals surface area contributed by atoms with Gasteiger partial charge >= 0.3 is 0 Å². The van der Waals surface area contributed by atoms with Crippen LogP contribution in [0.3, 0.4) is 0 Å².